The molecule has 0 unspecified atom stereocenters. The minimum absolute atomic E-state index is 1.02. The summed E-state index contributed by atoms with van der Waals surface area (Å²) in [6.45, 7) is 3.86. The molecule has 0 spiro atoms. The molecule has 1 aromatic carbocycles. The van der Waals surface area contributed by atoms with Crippen LogP contribution in [0.2, 0.25) is 0 Å². The van der Waals surface area contributed by atoms with Gasteiger partial charge in [0.25, 0.3) is 0 Å². The van der Waals surface area contributed by atoms with Gasteiger partial charge in [-0.15, -0.1) is 0 Å². The molecule has 12 heavy (non-hydrogen) atoms. The fraction of sp³-hybridized carbons (Fsp3) is 0. The van der Waals surface area contributed by atoms with Crippen LogP contribution >= 0.6 is 0 Å². The van der Waals surface area contributed by atoms with E-state index in [0.29, 0.717) is 0 Å². The van der Waals surface area contributed by atoms with Gasteiger partial charge in [0.2, 0.25) is 0 Å². The van der Waals surface area contributed by atoms with E-state index in [-0.39, 0.29) is 0 Å². The minimum Gasteiger partial charge on any atom is -0.472 e. The molecule has 0 fully saturated rings. The van der Waals surface area contributed by atoms with Crippen molar-refractivity contribution >= 4 is 0 Å². The molecule has 1 nitrogen and oxygen atoms in total. The van der Waals surface area contributed by atoms with Crippen LogP contribution in [0.1, 0.15) is 5.56 Å². The zero-order valence-corrected chi connectivity index (χ0v) is 6.66. The fourth-order valence-corrected chi connectivity index (χ4v) is 1.18. The van der Waals surface area contributed by atoms with Gasteiger partial charge >= 0.3 is 0 Å². The standard InChI is InChI=1S/C11H9O/c1-9-3-2-4-10(7-9)11-5-6-12-8-11/h2-8H,1H2. The average Bonchev–Trinajstić information content (AvgIpc) is 2.56. The Morgan fingerprint density at radius 3 is 2.67 bits per heavy atom. The van der Waals surface area contributed by atoms with E-state index in [2.05, 4.69) is 6.92 Å². The highest BCUT2D eigenvalue weighted by Crippen LogP contribution is 2.19. The molecule has 0 saturated carbocycles. The van der Waals surface area contributed by atoms with Crippen LogP contribution in [-0.2, 0) is 0 Å². The Labute approximate surface area is 71.6 Å². The Kier molecular flexibility index (Phi) is 1.71. The van der Waals surface area contributed by atoms with Crippen molar-refractivity contribution in [3.63, 3.8) is 0 Å². The monoisotopic (exact) mass is 157 g/mol. The molecular weight excluding hydrogens is 148 g/mol. The third-order valence-corrected chi connectivity index (χ3v) is 1.78. The van der Waals surface area contributed by atoms with E-state index in [9.17, 15) is 0 Å². The lowest BCUT2D eigenvalue weighted by atomic mass is 10.1. The largest absolute Gasteiger partial charge is 0.472 e. The van der Waals surface area contributed by atoms with Crippen molar-refractivity contribution in [3.8, 4) is 11.1 Å². The first-order valence-corrected chi connectivity index (χ1v) is 3.81. The number of benzene rings is 1. The molecule has 0 atom stereocenters. The Bertz CT molecular complexity index is 360. The summed E-state index contributed by atoms with van der Waals surface area (Å²) < 4.78 is 4.99. The van der Waals surface area contributed by atoms with Gasteiger partial charge < -0.3 is 4.42 Å². The van der Waals surface area contributed by atoms with Gasteiger partial charge in [0, 0.05) is 5.56 Å². The van der Waals surface area contributed by atoms with Crippen molar-refractivity contribution in [3.05, 3.63) is 55.3 Å². The first kappa shape index (κ1) is 7.17. The van der Waals surface area contributed by atoms with E-state index in [1.165, 1.54) is 0 Å². The molecular formula is C11H9O. The average molecular weight is 157 g/mol. The van der Waals surface area contributed by atoms with E-state index in [1.807, 2.05) is 30.3 Å². The maximum Gasteiger partial charge on any atom is 0.0980 e. The van der Waals surface area contributed by atoms with Crippen LogP contribution in [0.25, 0.3) is 11.1 Å². The van der Waals surface area contributed by atoms with Gasteiger partial charge in [-0.05, 0) is 24.1 Å². The van der Waals surface area contributed by atoms with Crippen LogP contribution < -0.4 is 0 Å². The molecule has 0 aliphatic carbocycles. The summed E-state index contributed by atoms with van der Waals surface area (Å²) in [6.07, 6.45) is 3.40. The molecule has 1 heteroatoms. The topological polar surface area (TPSA) is 13.1 Å². The smallest absolute Gasteiger partial charge is 0.0980 e. The lowest BCUT2D eigenvalue weighted by Crippen LogP contribution is -1.74. The second kappa shape index (κ2) is 2.86. The molecule has 59 valence electrons. The second-order valence-electron chi connectivity index (χ2n) is 2.71. The predicted octanol–water partition coefficient (Wildman–Crippen LogP) is 3.13. The van der Waals surface area contributed by atoms with E-state index in [0.717, 1.165) is 16.7 Å². The van der Waals surface area contributed by atoms with Gasteiger partial charge in [0.15, 0.2) is 0 Å². The van der Waals surface area contributed by atoms with Crippen molar-refractivity contribution < 1.29 is 4.42 Å². The minimum atomic E-state index is 1.02. The van der Waals surface area contributed by atoms with Crippen LogP contribution in [0, 0.1) is 6.92 Å². The highest BCUT2D eigenvalue weighted by atomic mass is 16.3. The van der Waals surface area contributed by atoms with Gasteiger partial charge in [-0.25, -0.2) is 0 Å². The third-order valence-electron chi connectivity index (χ3n) is 1.78. The summed E-state index contributed by atoms with van der Waals surface area (Å²) in [5.41, 5.74) is 3.27. The van der Waals surface area contributed by atoms with Gasteiger partial charge in [-0.3, -0.25) is 0 Å². The van der Waals surface area contributed by atoms with Crippen LogP contribution in [0.5, 0.6) is 0 Å². The molecule has 0 bridgehead atoms. The summed E-state index contributed by atoms with van der Waals surface area (Å²) in [6, 6.07) is 9.98. The van der Waals surface area contributed by atoms with Crippen molar-refractivity contribution in [2.24, 2.45) is 0 Å². The molecule has 2 aromatic rings. The summed E-state index contributed by atoms with van der Waals surface area (Å²) in [7, 11) is 0. The highest BCUT2D eigenvalue weighted by molar-refractivity contribution is 5.62. The van der Waals surface area contributed by atoms with Crippen molar-refractivity contribution in [1.29, 1.82) is 0 Å². The Morgan fingerprint density at radius 2 is 2.00 bits per heavy atom. The highest BCUT2D eigenvalue weighted by Gasteiger charge is 1.97. The van der Waals surface area contributed by atoms with Crippen LogP contribution in [0.3, 0.4) is 0 Å². The summed E-state index contributed by atoms with van der Waals surface area (Å²) >= 11 is 0. The molecule has 0 aliphatic rings. The van der Waals surface area contributed by atoms with Crippen LogP contribution in [-0.4, -0.2) is 0 Å². The summed E-state index contributed by atoms with van der Waals surface area (Å²) in [4.78, 5) is 0. The van der Waals surface area contributed by atoms with E-state index in [4.69, 9.17) is 4.42 Å². The van der Waals surface area contributed by atoms with Crippen molar-refractivity contribution in [2.75, 3.05) is 0 Å². The molecule has 1 radical (unpaired) electrons. The summed E-state index contributed by atoms with van der Waals surface area (Å²) in [5, 5.41) is 0. The number of hydrogen-bond acceptors (Lipinski definition) is 1. The lowest BCUT2D eigenvalue weighted by molar-refractivity contribution is 0.568. The second-order valence-corrected chi connectivity index (χ2v) is 2.71. The Morgan fingerprint density at radius 1 is 1.08 bits per heavy atom. The van der Waals surface area contributed by atoms with Gasteiger partial charge in [-0.2, -0.15) is 0 Å². The van der Waals surface area contributed by atoms with Gasteiger partial charge in [0.1, 0.15) is 0 Å². The normalized spacial score (nSPS) is 10.1. The zero-order chi connectivity index (χ0) is 8.39. The number of furan rings is 1. The van der Waals surface area contributed by atoms with Gasteiger partial charge in [0.05, 0.1) is 12.5 Å². The van der Waals surface area contributed by atoms with E-state index in [1.54, 1.807) is 12.5 Å². The first-order chi connectivity index (χ1) is 5.86. The zero-order valence-electron chi connectivity index (χ0n) is 6.66. The molecule has 0 saturated heterocycles. The number of rotatable bonds is 1. The van der Waals surface area contributed by atoms with Crippen molar-refractivity contribution in [2.45, 2.75) is 0 Å². The number of hydrogen-bond donors (Lipinski definition) is 0. The molecule has 0 aliphatic heterocycles. The SMILES string of the molecule is [CH2]c1cccc(-c2ccoc2)c1. The molecule has 2 rings (SSSR count). The molecule has 1 aromatic heterocycles. The first-order valence-electron chi connectivity index (χ1n) is 3.81. The Balaban J connectivity index is 2.48. The van der Waals surface area contributed by atoms with E-state index >= 15 is 0 Å². The summed E-state index contributed by atoms with van der Waals surface area (Å²) in [5.74, 6) is 0. The fourth-order valence-electron chi connectivity index (χ4n) is 1.18. The maximum atomic E-state index is 4.99. The molecule has 0 amide bonds. The maximum absolute atomic E-state index is 4.99. The van der Waals surface area contributed by atoms with Crippen molar-refractivity contribution in [1.82, 2.24) is 0 Å². The van der Waals surface area contributed by atoms with Gasteiger partial charge in [-0.1, -0.05) is 24.3 Å². The third kappa shape index (κ3) is 1.26. The molecule has 1 heterocycles. The van der Waals surface area contributed by atoms with E-state index < -0.39 is 0 Å². The Hall–Kier alpha value is -1.50. The quantitative estimate of drug-likeness (QED) is 0.619. The predicted molar refractivity (Wildman–Crippen MR) is 48.6 cm³/mol. The van der Waals surface area contributed by atoms with Crippen LogP contribution in [0.4, 0.5) is 0 Å². The lowest BCUT2D eigenvalue weighted by Gasteiger charge is -1.96. The molecule has 0 N–H and O–H groups in total. The van der Waals surface area contributed by atoms with Crippen LogP contribution in [0.15, 0.2) is 47.3 Å².